The molecule has 0 spiro atoms. The van der Waals surface area contributed by atoms with Crippen molar-refractivity contribution in [2.24, 2.45) is 7.05 Å². The molecule has 1 heterocycles. The Morgan fingerprint density at radius 1 is 1.20 bits per heavy atom. The van der Waals surface area contributed by atoms with Gasteiger partial charge in [0.2, 0.25) is 0 Å². The Bertz CT molecular complexity index is 598. The molecule has 1 N–H and O–H groups in total. The van der Waals surface area contributed by atoms with Gasteiger partial charge in [0.05, 0.1) is 5.69 Å². The lowest BCUT2D eigenvalue weighted by atomic mass is 9.90. The van der Waals surface area contributed by atoms with Gasteiger partial charge in [-0.2, -0.15) is 0 Å². The zero-order chi connectivity index (χ0) is 13.9. The molecular formula is C17H23N3. The average molecular weight is 269 g/mol. The minimum Gasteiger partial charge on any atom is -0.337 e. The van der Waals surface area contributed by atoms with Gasteiger partial charge in [-0.1, -0.05) is 12.1 Å². The molecule has 0 saturated heterocycles. The van der Waals surface area contributed by atoms with E-state index in [0.29, 0.717) is 0 Å². The van der Waals surface area contributed by atoms with Crippen LogP contribution in [0.5, 0.6) is 0 Å². The molecule has 0 fully saturated rings. The monoisotopic (exact) mass is 269 g/mol. The van der Waals surface area contributed by atoms with Crippen molar-refractivity contribution < 1.29 is 0 Å². The van der Waals surface area contributed by atoms with Crippen molar-refractivity contribution in [1.29, 1.82) is 0 Å². The molecule has 3 nitrogen and oxygen atoms in total. The maximum Gasteiger partial charge on any atom is 0.110 e. The van der Waals surface area contributed by atoms with Gasteiger partial charge in [-0.05, 0) is 49.9 Å². The van der Waals surface area contributed by atoms with E-state index >= 15 is 0 Å². The molecule has 0 amide bonds. The number of aryl methyl sites for hydroxylation is 3. The summed E-state index contributed by atoms with van der Waals surface area (Å²) in [7, 11) is 4.06. The summed E-state index contributed by atoms with van der Waals surface area (Å²) in [5.41, 5.74) is 5.42. The summed E-state index contributed by atoms with van der Waals surface area (Å²) in [5.74, 6) is 1.15. The number of nitrogens with zero attached hydrogens (tertiary/aromatic N) is 2. The van der Waals surface area contributed by atoms with Gasteiger partial charge in [0.15, 0.2) is 0 Å². The van der Waals surface area contributed by atoms with Crippen molar-refractivity contribution in [3.63, 3.8) is 0 Å². The standard InChI is InChI=1S/C17H23N3/c1-18-10-9-17-19-16(12-20(17)2)15-8-7-13-5-3-4-6-14(13)11-15/h7-8,11-12,18H,3-6,9-10H2,1-2H3. The maximum atomic E-state index is 4.79. The SMILES string of the molecule is CNCCc1nc(-c2ccc3c(c2)CCCC3)cn1C. The third-order valence-corrected chi connectivity index (χ3v) is 4.22. The van der Waals surface area contributed by atoms with Crippen LogP contribution in [0.4, 0.5) is 0 Å². The van der Waals surface area contributed by atoms with Gasteiger partial charge in [-0.3, -0.25) is 0 Å². The molecule has 1 aliphatic carbocycles. The Morgan fingerprint density at radius 3 is 2.80 bits per heavy atom. The molecule has 0 saturated carbocycles. The summed E-state index contributed by atoms with van der Waals surface area (Å²) < 4.78 is 2.14. The number of hydrogen-bond acceptors (Lipinski definition) is 2. The second kappa shape index (κ2) is 5.80. The van der Waals surface area contributed by atoms with Gasteiger partial charge in [-0.15, -0.1) is 0 Å². The van der Waals surface area contributed by atoms with Crippen LogP contribution in [0.15, 0.2) is 24.4 Å². The van der Waals surface area contributed by atoms with Crippen LogP contribution in [-0.2, 0) is 26.3 Å². The van der Waals surface area contributed by atoms with Crippen molar-refractivity contribution in [3.8, 4) is 11.3 Å². The van der Waals surface area contributed by atoms with Gasteiger partial charge in [-0.25, -0.2) is 4.98 Å². The summed E-state index contributed by atoms with van der Waals surface area (Å²) in [6, 6.07) is 6.87. The van der Waals surface area contributed by atoms with Gasteiger partial charge >= 0.3 is 0 Å². The topological polar surface area (TPSA) is 29.9 Å². The van der Waals surface area contributed by atoms with Crippen LogP contribution in [0.25, 0.3) is 11.3 Å². The van der Waals surface area contributed by atoms with Crippen LogP contribution in [0.1, 0.15) is 29.8 Å². The fourth-order valence-corrected chi connectivity index (χ4v) is 3.01. The van der Waals surface area contributed by atoms with Crippen LogP contribution < -0.4 is 5.32 Å². The molecule has 0 aliphatic heterocycles. The van der Waals surface area contributed by atoms with Crippen molar-refractivity contribution in [2.45, 2.75) is 32.1 Å². The first kappa shape index (κ1) is 13.4. The van der Waals surface area contributed by atoms with Crippen molar-refractivity contribution in [3.05, 3.63) is 41.3 Å². The lowest BCUT2D eigenvalue weighted by molar-refractivity contribution is 0.686. The van der Waals surface area contributed by atoms with E-state index in [-0.39, 0.29) is 0 Å². The number of benzene rings is 1. The molecule has 1 aliphatic rings. The summed E-state index contributed by atoms with van der Waals surface area (Å²) >= 11 is 0. The lowest BCUT2D eigenvalue weighted by Crippen LogP contribution is -2.12. The molecule has 1 aromatic carbocycles. The van der Waals surface area contributed by atoms with E-state index in [9.17, 15) is 0 Å². The van der Waals surface area contributed by atoms with Crippen molar-refractivity contribution in [2.75, 3.05) is 13.6 Å². The second-order valence-electron chi connectivity index (χ2n) is 5.70. The zero-order valence-corrected chi connectivity index (χ0v) is 12.4. The highest BCUT2D eigenvalue weighted by molar-refractivity contribution is 5.61. The number of nitrogens with one attached hydrogen (secondary N) is 1. The van der Waals surface area contributed by atoms with E-state index in [4.69, 9.17) is 4.98 Å². The predicted molar refractivity (Wildman–Crippen MR) is 82.9 cm³/mol. The first-order valence-corrected chi connectivity index (χ1v) is 7.57. The van der Waals surface area contributed by atoms with E-state index in [1.54, 1.807) is 0 Å². The first-order valence-electron chi connectivity index (χ1n) is 7.57. The van der Waals surface area contributed by atoms with Crippen molar-refractivity contribution in [1.82, 2.24) is 14.9 Å². The van der Waals surface area contributed by atoms with Gasteiger partial charge in [0, 0.05) is 31.8 Å². The molecule has 0 bridgehead atoms. The number of fused-ring (bicyclic) bond motifs is 1. The molecule has 106 valence electrons. The van der Waals surface area contributed by atoms with Crippen LogP contribution >= 0.6 is 0 Å². The third-order valence-electron chi connectivity index (χ3n) is 4.22. The zero-order valence-electron chi connectivity index (χ0n) is 12.4. The van der Waals surface area contributed by atoms with E-state index in [1.807, 2.05) is 7.05 Å². The fourth-order valence-electron chi connectivity index (χ4n) is 3.01. The largest absolute Gasteiger partial charge is 0.337 e. The van der Waals surface area contributed by atoms with Crippen LogP contribution in [-0.4, -0.2) is 23.1 Å². The normalized spacial score (nSPS) is 14.3. The van der Waals surface area contributed by atoms with Gasteiger partial charge in [0.1, 0.15) is 5.82 Å². The third kappa shape index (κ3) is 2.63. The number of aromatic nitrogens is 2. The Balaban J connectivity index is 1.89. The minimum absolute atomic E-state index is 0.967. The molecular weight excluding hydrogens is 246 g/mol. The quantitative estimate of drug-likeness (QED) is 0.925. The smallest absolute Gasteiger partial charge is 0.110 e. The van der Waals surface area contributed by atoms with Crippen molar-refractivity contribution >= 4 is 0 Å². The van der Waals surface area contributed by atoms with Crippen LogP contribution in [0, 0.1) is 0 Å². The summed E-state index contributed by atoms with van der Waals surface area (Å²) in [6.07, 6.45) is 8.25. The Morgan fingerprint density at radius 2 is 2.00 bits per heavy atom. The van der Waals surface area contributed by atoms with E-state index in [2.05, 4.69) is 41.3 Å². The highest BCUT2D eigenvalue weighted by Crippen LogP contribution is 2.27. The minimum atomic E-state index is 0.967. The second-order valence-corrected chi connectivity index (χ2v) is 5.70. The van der Waals surface area contributed by atoms with Crippen LogP contribution in [0.3, 0.4) is 0 Å². The average Bonchev–Trinajstić information content (AvgIpc) is 2.86. The van der Waals surface area contributed by atoms with E-state index < -0.39 is 0 Å². The highest BCUT2D eigenvalue weighted by atomic mass is 15.0. The molecule has 20 heavy (non-hydrogen) atoms. The Kier molecular flexibility index (Phi) is 3.88. The molecule has 3 heteroatoms. The van der Waals surface area contributed by atoms with E-state index in [0.717, 1.165) is 24.5 Å². The van der Waals surface area contributed by atoms with Gasteiger partial charge in [0.25, 0.3) is 0 Å². The van der Waals surface area contributed by atoms with E-state index in [1.165, 1.54) is 42.4 Å². The first-order chi connectivity index (χ1) is 9.78. The number of hydrogen-bond donors (Lipinski definition) is 1. The number of imidazole rings is 1. The summed E-state index contributed by atoms with van der Waals surface area (Å²) in [5, 5.41) is 3.18. The molecule has 1 aromatic heterocycles. The summed E-state index contributed by atoms with van der Waals surface area (Å²) in [6.45, 7) is 0.967. The number of likely N-dealkylation sites (N-methyl/N-ethyl adjacent to an activating group) is 1. The molecule has 2 aromatic rings. The molecule has 0 atom stereocenters. The number of rotatable bonds is 4. The molecule has 0 unspecified atom stereocenters. The summed E-state index contributed by atoms with van der Waals surface area (Å²) in [4.78, 5) is 4.79. The maximum absolute atomic E-state index is 4.79. The molecule has 3 rings (SSSR count). The lowest BCUT2D eigenvalue weighted by Gasteiger charge is -2.15. The van der Waals surface area contributed by atoms with Crippen LogP contribution in [0.2, 0.25) is 0 Å². The Labute approximate surface area is 121 Å². The predicted octanol–water partition coefficient (Wildman–Crippen LogP) is 2.73. The molecule has 0 radical (unpaired) electrons. The highest BCUT2D eigenvalue weighted by Gasteiger charge is 2.12. The fraction of sp³-hybridized carbons (Fsp3) is 0.471. The van der Waals surface area contributed by atoms with Gasteiger partial charge < -0.3 is 9.88 Å². The Hall–Kier alpha value is -1.61.